The predicted octanol–water partition coefficient (Wildman–Crippen LogP) is 1.45. The highest BCUT2D eigenvalue weighted by Gasteiger charge is 2.19. The third kappa shape index (κ3) is 1.65. The molecule has 1 aliphatic heterocycles. The van der Waals surface area contributed by atoms with Gasteiger partial charge in [-0.25, -0.2) is 0 Å². The standard InChI is InChI=1S/C13H17N3/c1-16-8-6-12-11(3-2-4-13(12)16)10(9-15)5-7-14/h2-5,7,9H,6,8,14-15H2,1H3/b7-5-,10-9+. The number of fused-ring (bicyclic) bond motifs is 1. The fraction of sp³-hybridized carbons (Fsp3) is 0.231. The molecule has 0 saturated heterocycles. The van der Waals surface area contributed by atoms with Gasteiger partial charge in [-0.15, -0.1) is 0 Å². The topological polar surface area (TPSA) is 55.3 Å². The first kappa shape index (κ1) is 10.6. The minimum Gasteiger partial charge on any atom is -0.405 e. The molecule has 0 fully saturated rings. The number of anilines is 1. The Bertz CT molecular complexity index is 446. The summed E-state index contributed by atoms with van der Waals surface area (Å²) in [5.41, 5.74) is 15.9. The molecule has 84 valence electrons. The molecule has 0 amide bonds. The maximum Gasteiger partial charge on any atom is 0.0403 e. The lowest BCUT2D eigenvalue weighted by molar-refractivity contribution is 0.955. The van der Waals surface area contributed by atoms with Gasteiger partial charge in [-0.1, -0.05) is 12.1 Å². The van der Waals surface area contributed by atoms with Gasteiger partial charge >= 0.3 is 0 Å². The molecule has 1 aliphatic rings. The number of allylic oxidation sites excluding steroid dienone is 2. The number of benzene rings is 1. The van der Waals surface area contributed by atoms with Gasteiger partial charge in [-0.2, -0.15) is 0 Å². The quantitative estimate of drug-likeness (QED) is 0.734. The van der Waals surface area contributed by atoms with E-state index in [9.17, 15) is 0 Å². The highest BCUT2D eigenvalue weighted by Crippen LogP contribution is 2.33. The second-order valence-electron chi connectivity index (χ2n) is 3.96. The van der Waals surface area contributed by atoms with Crippen LogP contribution >= 0.6 is 0 Å². The van der Waals surface area contributed by atoms with Crippen molar-refractivity contribution in [1.82, 2.24) is 0 Å². The zero-order chi connectivity index (χ0) is 11.5. The summed E-state index contributed by atoms with van der Waals surface area (Å²) >= 11 is 0. The second kappa shape index (κ2) is 4.31. The molecular weight excluding hydrogens is 198 g/mol. The van der Waals surface area contributed by atoms with Crippen molar-refractivity contribution in [1.29, 1.82) is 0 Å². The first-order valence-corrected chi connectivity index (χ1v) is 5.41. The fourth-order valence-electron chi connectivity index (χ4n) is 2.20. The molecule has 0 aromatic heterocycles. The number of likely N-dealkylation sites (N-methyl/N-ethyl adjacent to an activating group) is 1. The molecule has 1 heterocycles. The van der Waals surface area contributed by atoms with Crippen LogP contribution in [-0.2, 0) is 6.42 Å². The van der Waals surface area contributed by atoms with E-state index in [1.807, 2.05) is 6.08 Å². The maximum atomic E-state index is 5.64. The van der Waals surface area contributed by atoms with E-state index in [-0.39, 0.29) is 0 Å². The Labute approximate surface area is 96.0 Å². The van der Waals surface area contributed by atoms with Crippen molar-refractivity contribution in [2.24, 2.45) is 11.5 Å². The number of nitrogens with zero attached hydrogens (tertiary/aromatic N) is 1. The maximum absolute atomic E-state index is 5.64. The first-order valence-electron chi connectivity index (χ1n) is 5.41. The van der Waals surface area contributed by atoms with Crippen LogP contribution in [-0.4, -0.2) is 13.6 Å². The van der Waals surface area contributed by atoms with Gasteiger partial charge in [0.1, 0.15) is 0 Å². The lowest BCUT2D eigenvalue weighted by Gasteiger charge is -2.13. The molecule has 1 aromatic rings. The smallest absolute Gasteiger partial charge is 0.0403 e. The molecule has 16 heavy (non-hydrogen) atoms. The Balaban J connectivity index is 2.51. The van der Waals surface area contributed by atoms with Crippen LogP contribution in [0, 0.1) is 0 Å². The number of nitrogens with two attached hydrogens (primary N) is 2. The van der Waals surface area contributed by atoms with Gasteiger partial charge in [-0.05, 0) is 41.5 Å². The predicted molar refractivity (Wildman–Crippen MR) is 68.9 cm³/mol. The van der Waals surface area contributed by atoms with Crippen LogP contribution in [0.25, 0.3) is 5.57 Å². The summed E-state index contributed by atoms with van der Waals surface area (Å²) < 4.78 is 0. The summed E-state index contributed by atoms with van der Waals surface area (Å²) in [4.78, 5) is 2.26. The van der Waals surface area contributed by atoms with Gasteiger partial charge in [0.25, 0.3) is 0 Å². The SMILES string of the molecule is CN1CCc2c(C(/C=C\N)=C/N)cccc21. The summed E-state index contributed by atoms with van der Waals surface area (Å²) in [5, 5.41) is 0. The van der Waals surface area contributed by atoms with Crippen LogP contribution in [0.15, 0.2) is 36.7 Å². The Morgan fingerprint density at radius 1 is 1.38 bits per heavy atom. The van der Waals surface area contributed by atoms with Crippen molar-refractivity contribution >= 4 is 11.3 Å². The van der Waals surface area contributed by atoms with Crippen molar-refractivity contribution in [2.45, 2.75) is 6.42 Å². The van der Waals surface area contributed by atoms with Crippen LogP contribution in [0.3, 0.4) is 0 Å². The van der Waals surface area contributed by atoms with E-state index < -0.39 is 0 Å². The van der Waals surface area contributed by atoms with Crippen molar-refractivity contribution in [3.8, 4) is 0 Å². The van der Waals surface area contributed by atoms with Crippen molar-refractivity contribution < 1.29 is 0 Å². The zero-order valence-corrected chi connectivity index (χ0v) is 9.48. The summed E-state index contributed by atoms with van der Waals surface area (Å²) in [5.74, 6) is 0. The van der Waals surface area contributed by atoms with E-state index in [0.717, 1.165) is 18.5 Å². The molecule has 2 rings (SSSR count). The average Bonchev–Trinajstić information content (AvgIpc) is 2.68. The van der Waals surface area contributed by atoms with Gasteiger partial charge in [0, 0.05) is 25.5 Å². The van der Waals surface area contributed by atoms with E-state index >= 15 is 0 Å². The van der Waals surface area contributed by atoms with Gasteiger partial charge in [0.05, 0.1) is 0 Å². The van der Waals surface area contributed by atoms with Gasteiger partial charge < -0.3 is 16.4 Å². The minimum atomic E-state index is 0.981. The number of hydrogen-bond acceptors (Lipinski definition) is 3. The molecule has 4 N–H and O–H groups in total. The summed E-state index contributed by atoms with van der Waals surface area (Å²) in [6, 6.07) is 6.30. The second-order valence-corrected chi connectivity index (χ2v) is 3.96. The van der Waals surface area contributed by atoms with Crippen LogP contribution in [0.5, 0.6) is 0 Å². The Kier molecular flexibility index (Phi) is 2.86. The Hall–Kier alpha value is -1.90. The van der Waals surface area contributed by atoms with Crippen molar-refractivity contribution in [3.05, 3.63) is 47.8 Å². The lowest BCUT2D eigenvalue weighted by atomic mass is 9.98. The highest BCUT2D eigenvalue weighted by atomic mass is 15.1. The number of rotatable bonds is 2. The molecule has 3 heteroatoms. The molecule has 0 spiro atoms. The third-order valence-corrected chi connectivity index (χ3v) is 3.03. The Morgan fingerprint density at radius 2 is 2.19 bits per heavy atom. The van der Waals surface area contributed by atoms with Crippen molar-refractivity contribution in [3.63, 3.8) is 0 Å². The summed E-state index contributed by atoms with van der Waals surface area (Å²) in [6.45, 7) is 1.07. The summed E-state index contributed by atoms with van der Waals surface area (Å²) in [7, 11) is 2.11. The molecule has 0 saturated carbocycles. The van der Waals surface area contributed by atoms with E-state index in [1.165, 1.54) is 23.0 Å². The fourth-order valence-corrected chi connectivity index (χ4v) is 2.20. The highest BCUT2D eigenvalue weighted by molar-refractivity contribution is 5.80. The molecule has 1 aromatic carbocycles. The molecule has 0 aliphatic carbocycles. The number of hydrogen-bond donors (Lipinski definition) is 2. The van der Waals surface area contributed by atoms with Gasteiger partial charge in [0.2, 0.25) is 0 Å². The summed E-state index contributed by atoms with van der Waals surface area (Å²) in [6.07, 6.45) is 6.04. The van der Waals surface area contributed by atoms with E-state index in [2.05, 4.69) is 30.1 Å². The van der Waals surface area contributed by atoms with Gasteiger partial charge in [0.15, 0.2) is 0 Å². The molecule has 0 atom stereocenters. The van der Waals surface area contributed by atoms with E-state index in [1.54, 1.807) is 6.20 Å². The molecule has 0 unspecified atom stereocenters. The van der Waals surface area contributed by atoms with Gasteiger partial charge in [-0.3, -0.25) is 0 Å². The average molecular weight is 215 g/mol. The van der Waals surface area contributed by atoms with Crippen LogP contribution in [0.1, 0.15) is 11.1 Å². The Morgan fingerprint density at radius 3 is 2.88 bits per heavy atom. The van der Waals surface area contributed by atoms with E-state index in [0.29, 0.717) is 0 Å². The molecule has 0 bridgehead atoms. The van der Waals surface area contributed by atoms with Crippen molar-refractivity contribution in [2.75, 3.05) is 18.5 Å². The first-order chi connectivity index (χ1) is 7.77. The lowest BCUT2D eigenvalue weighted by Crippen LogP contribution is -2.12. The van der Waals surface area contributed by atoms with Crippen LogP contribution in [0.4, 0.5) is 5.69 Å². The molecule has 3 nitrogen and oxygen atoms in total. The third-order valence-electron chi connectivity index (χ3n) is 3.03. The minimum absolute atomic E-state index is 0.981. The zero-order valence-electron chi connectivity index (χ0n) is 9.48. The molecule has 0 radical (unpaired) electrons. The monoisotopic (exact) mass is 215 g/mol. The van der Waals surface area contributed by atoms with Crippen LogP contribution < -0.4 is 16.4 Å². The molecular formula is C13H17N3. The normalized spacial score (nSPS) is 15.8. The largest absolute Gasteiger partial charge is 0.405 e. The van der Waals surface area contributed by atoms with E-state index in [4.69, 9.17) is 11.5 Å². The van der Waals surface area contributed by atoms with Crippen LogP contribution in [0.2, 0.25) is 0 Å².